The van der Waals surface area contributed by atoms with Crippen molar-refractivity contribution in [2.24, 2.45) is 4.99 Å². The van der Waals surface area contributed by atoms with Gasteiger partial charge in [0.05, 0.1) is 19.8 Å². The van der Waals surface area contributed by atoms with Crippen molar-refractivity contribution in [2.45, 2.75) is 65.4 Å². The number of aliphatic imine (C=N–C) groups is 1. The zero-order valence-corrected chi connectivity index (χ0v) is 17.8. The van der Waals surface area contributed by atoms with Crippen LogP contribution in [0.1, 0.15) is 41.0 Å². The van der Waals surface area contributed by atoms with E-state index in [0.717, 1.165) is 0 Å². The lowest BCUT2D eigenvalue weighted by Crippen LogP contribution is -2.47. The minimum absolute atomic E-state index is 0.0960. The van der Waals surface area contributed by atoms with Gasteiger partial charge in [0.2, 0.25) is 8.38 Å². The van der Waals surface area contributed by atoms with Gasteiger partial charge in [0.1, 0.15) is 18.2 Å². The van der Waals surface area contributed by atoms with Gasteiger partial charge in [-0.3, -0.25) is 9.59 Å². The SMILES string of the molecule is CCOP(OCC)C1=CC2OC(C)=NC2C(C(CCOC(C)=O)OC(C)=O)O1. The van der Waals surface area contributed by atoms with E-state index < -0.39 is 32.5 Å². The minimum atomic E-state index is -1.43. The van der Waals surface area contributed by atoms with E-state index in [1.165, 1.54) is 13.8 Å². The van der Waals surface area contributed by atoms with Crippen LogP contribution in [0.4, 0.5) is 0 Å². The summed E-state index contributed by atoms with van der Waals surface area (Å²) in [5.74, 6) is -0.334. The van der Waals surface area contributed by atoms with E-state index in [9.17, 15) is 9.59 Å². The Kier molecular flexibility index (Phi) is 8.66. The molecule has 0 aromatic carbocycles. The van der Waals surface area contributed by atoms with E-state index in [0.29, 0.717) is 24.6 Å². The minimum Gasteiger partial charge on any atom is -0.479 e. The maximum Gasteiger partial charge on any atom is 0.303 e. The normalized spacial score (nSPS) is 24.4. The van der Waals surface area contributed by atoms with Gasteiger partial charge in [0.25, 0.3) is 0 Å². The van der Waals surface area contributed by atoms with Crippen LogP contribution in [0.5, 0.6) is 0 Å². The van der Waals surface area contributed by atoms with Gasteiger partial charge in [-0.15, -0.1) is 0 Å². The molecule has 0 aliphatic carbocycles. The summed E-state index contributed by atoms with van der Waals surface area (Å²) in [4.78, 5) is 27.3. The maximum atomic E-state index is 11.7. The Morgan fingerprint density at radius 3 is 2.43 bits per heavy atom. The molecule has 0 aromatic heterocycles. The third-order valence-electron chi connectivity index (χ3n) is 3.94. The summed E-state index contributed by atoms with van der Waals surface area (Å²) in [5.41, 5.74) is 0.513. The van der Waals surface area contributed by atoms with E-state index in [2.05, 4.69) is 4.99 Å². The zero-order chi connectivity index (χ0) is 20.7. The van der Waals surface area contributed by atoms with Crippen LogP contribution < -0.4 is 0 Å². The quantitative estimate of drug-likeness (QED) is 0.395. The summed E-state index contributed by atoms with van der Waals surface area (Å²) >= 11 is 0. The molecule has 0 radical (unpaired) electrons. The number of hydrogen-bond acceptors (Lipinski definition) is 9. The average molecular weight is 417 g/mol. The lowest BCUT2D eigenvalue weighted by molar-refractivity contribution is -0.157. The van der Waals surface area contributed by atoms with Crippen LogP contribution in [0.25, 0.3) is 0 Å². The first-order valence-electron chi connectivity index (χ1n) is 9.31. The summed E-state index contributed by atoms with van der Waals surface area (Å²) in [5, 5.41) is 0. The number of fused-ring (bicyclic) bond motifs is 1. The fourth-order valence-corrected chi connectivity index (χ4v) is 4.26. The highest BCUT2D eigenvalue weighted by Crippen LogP contribution is 2.51. The largest absolute Gasteiger partial charge is 0.479 e. The van der Waals surface area contributed by atoms with Crippen molar-refractivity contribution in [1.29, 1.82) is 0 Å². The third-order valence-corrected chi connectivity index (χ3v) is 5.54. The molecule has 2 rings (SSSR count). The van der Waals surface area contributed by atoms with Crippen LogP contribution >= 0.6 is 8.38 Å². The lowest BCUT2D eigenvalue weighted by atomic mass is 9.97. The summed E-state index contributed by atoms with van der Waals surface area (Å²) in [7, 11) is -1.43. The van der Waals surface area contributed by atoms with Crippen LogP contribution in [0.3, 0.4) is 0 Å². The Labute approximate surface area is 166 Å². The molecule has 0 aromatic rings. The number of esters is 2. The number of rotatable bonds is 10. The van der Waals surface area contributed by atoms with Gasteiger partial charge in [-0.25, -0.2) is 4.99 Å². The summed E-state index contributed by atoms with van der Waals surface area (Å²) < 4.78 is 33.9. The van der Waals surface area contributed by atoms with Crippen molar-refractivity contribution in [3.05, 3.63) is 11.6 Å². The van der Waals surface area contributed by atoms with Crippen molar-refractivity contribution in [2.75, 3.05) is 19.8 Å². The molecule has 2 aliphatic heterocycles. The molecule has 2 heterocycles. The zero-order valence-electron chi connectivity index (χ0n) is 16.9. The highest BCUT2D eigenvalue weighted by molar-refractivity contribution is 7.51. The molecule has 4 unspecified atom stereocenters. The molecule has 0 saturated carbocycles. The fraction of sp³-hybridized carbons (Fsp3) is 0.722. The van der Waals surface area contributed by atoms with Crippen molar-refractivity contribution in [1.82, 2.24) is 0 Å². The molecule has 0 amide bonds. The van der Waals surface area contributed by atoms with Crippen LogP contribution in [0.2, 0.25) is 0 Å². The van der Waals surface area contributed by atoms with Gasteiger partial charge in [0.15, 0.2) is 17.5 Å². The Morgan fingerprint density at radius 2 is 1.86 bits per heavy atom. The summed E-state index contributed by atoms with van der Waals surface area (Å²) in [6.07, 6.45) is 0.427. The molecule has 10 heteroatoms. The molecule has 0 bridgehead atoms. The highest BCUT2D eigenvalue weighted by atomic mass is 31.2. The van der Waals surface area contributed by atoms with E-state index in [4.69, 9.17) is 28.0 Å². The second-order valence-electron chi connectivity index (χ2n) is 6.18. The first kappa shape index (κ1) is 22.6. The second-order valence-corrected chi connectivity index (χ2v) is 7.65. The number of hydrogen-bond donors (Lipinski definition) is 0. The molecular formula is C18H28NO8P. The summed E-state index contributed by atoms with van der Waals surface area (Å²) in [6.45, 7) is 9.17. The monoisotopic (exact) mass is 417 g/mol. The van der Waals surface area contributed by atoms with E-state index in [1.54, 1.807) is 6.92 Å². The summed E-state index contributed by atoms with van der Waals surface area (Å²) in [6, 6.07) is -0.384. The van der Waals surface area contributed by atoms with Gasteiger partial charge in [-0.05, 0) is 13.8 Å². The molecule has 2 aliphatic rings. The molecule has 0 fully saturated rings. The molecule has 0 saturated heterocycles. The third kappa shape index (κ3) is 6.15. The Bertz CT molecular complexity index is 617. The number of nitrogens with zero attached hydrogens (tertiary/aromatic N) is 1. The van der Waals surface area contributed by atoms with Crippen molar-refractivity contribution < 1.29 is 37.6 Å². The molecule has 158 valence electrons. The Hall–Kier alpha value is -1.70. The Morgan fingerprint density at radius 1 is 1.18 bits per heavy atom. The predicted molar refractivity (Wildman–Crippen MR) is 102 cm³/mol. The highest BCUT2D eigenvalue weighted by Gasteiger charge is 2.47. The van der Waals surface area contributed by atoms with Gasteiger partial charge in [-0.1, -0.05) is 0 Å². The lowest BCUT2D eigenvalue weighted by Gasteiger charge is -2.36. The smallest absolute Gasteiger partial charge is 0.303 e. The van der Waals surface area contributed by atoms with E-state index >= 15 is 0 Å². The van der Waals surface area contributed by atoms with Gasteiger partial charge >= 0.3 is 11.9 Å². The predicted octanol–water partition coefficient (Wildman–Crippen LogP) is 2.68. The fourth-order valence-electron chi connectivity index (χ4n) is 2.98. The topological polar surface area (TPSA) is 102 Å². The second kappa shape index (κ2) is 10.7. The molecule has 0 N–H and O–H groups in total. The Balaban J connectivity index is 2.25. The van der Waals surface area contributed by atoms with Crippen molar-refractivity contribution in [3.8, 4) is 0 Å². The van der Waals surface area contributed by atoms with Gasteiger partial charge < -0.3 is 28.0 Å². The van der Waals surface area contributed by atoms with Crippen molar-refractivity contribution >= 4 is 26.2 Å². The first-order chi connectivity index (χ1) is 13.3. The maximum absolute atomic E-state index is 11.7. The molecule has 9 nitrogen and oxygen atoms in total. The number of carbonyl (C=O) groups is 2. The molecule has 28 heavy (non-hydrogen) atoms. The van der Waals surface area contributed by atoms with Gasteiger partial charge in [-0.2, -0.15) is 0 Å². The number of carbonyl (C=O) groups excluding carboxylic acids is 2. The van der Waals surface area contributed by atoms with Crippen molar-refractivity contribution in [3.63, 3.8) is 0 Å². The average Bonchev–Trinajstić information content (AvgIpc) is 2.99. The van der Waals surface area contributed by atoms with Gasteiger partial charge in [0, 0.05) is 33.3 Å². The molecular weight excluding hydrogens is 389 g/mol. The van der Waals surface area contributed by atoms with E-state index in [1.807, 2.05) is 19.9 Å². The van der Waals surface area contributed by atoms with Crippen LogP contribution in [0.15, 0.2) is 16.6 Å². The van der Waals surface area contributed by atoms with Crippen LogP contribution in [-0.4, -0.2) is 62.0 Å². The van der Waals surface area contributed by atoms with Crippen LogP contribution in [0, 0.1) is 0 Å². The molecule has 4 atom stereocenters. The number of ether oxygens (including phenoxy) is 4. The molecule has 0 spiro atoms. The van der Waals surface area contributed by atoms with Crippen LogP contribution in [-0.2, 0) is 37.6 Å². The standard InChI is InChI=1S/C18H28NO8P/c1-6-23-28(24-7-2)16-10-15-17(19-11(3)25-15)18(27-16)14(26-13(5)21)8-9-22-12(4)20/h10,14-15,17-18H,6-9H2,1-5H3. The van der Waals surface area contributed by atoms with E-state index in [-0.39, 0.29) is 25.2 Å². The first-order valence-corrected chi connectivity index (χ1v) is 10.5.